The second-order valence-corrected chi connectivity index (χ2v) is 6.08. The van der Waals surface area contributed by atoms with Crippen LogP contribution in [0.25, 0.3) is 0 Å². The van der Waals surface area contributed by atoms with Crippen LogP contribution in [-0.4, -0.2) is 22.1 Å². The lowest BCUT2D eigenvalue weighted by Crippen LogP contribution is -2.46. The average Bonchev–Trinajstić information content (AvgIpc) is 2.12. The van der Waals surface area contributed by atoms with E-state index in [1.54, 1.807) is 6.92 Å². The van der Waals surface area contributed by atoms with Gasteiger partial charge in [-0.15, -0.1) is 11.6 Å². The molecule has 0 bridgehead atoms. The molecular formula is C13H28ClNO. The fourth-order valence-electron chi connectivity index (χ4n) is 2.08. The van der Waals surface area contributed by atoms with Crippen LogP contribution in [0, 0.1) is 5.92 Å². The van der Waals surface area contributed by atoms with Gasteiger partial charge in [0.2, 0.25) is 0 Å². The molecule has 0 radical (unpaired) electrons. The fraction of sp³-hybridized carbons (Fsp3) is 1.00. The highest BCUT2D eigenvalue weighted by molar-refractivity contribution is 6.20. The molecule has 0 fully saturated rings. The Morgan fingerprint density at radius 1 is 1.31 bits per heavy atom. The Balaban J connectivity index is 4.27. The van der Waals surface area contributed by atoms with E-state index in [0.29, 0.717) is 6.42 Å². The van der Waals surface area contributed by atoms with Gasteiger partial charge in [0.15, 0.2) is 0 Å². The Labute approximate surface area is 106 Å². The van der Waals surface area contributed by atoms with E-state index in [4.69, 9.17) is 17.3 Å². The quantitative estimate of drug-likeness (QED) is 0.512. The average molecular weight is 250 g/mol. The molecule has 0 aromatic heterocycles. The Hall–Kier alpha value is 0.210. The van der Waals surface area contributed by atoms with Crippen LogP contribution >= 0.6 is 11.6 Å². The van der Waals surface area contributed by atoms with E-state index in [1.807, 2.05) is 13.8 Å². The molecule has 0 spiro atoms. The second-order valence-electron chi connectivity index (χ2n) is 5.52. The van der Waals surface area contributed by atoms with Crippen molar-refractivity contribution in [3.05, 3.63) is 0 Å². The number of alkyl halides is 1. The number of unbranched alkanes of at least 4 members (excludes halogenated alkanes) is 2. The molecule has 0 saturated heterocycles. The summed E-state index contributed by atoms with van der Waals surface area (Å²) in [6.45, 7) is 7.97. The molecule has 16 heavy (non-hydrogen) atoms. The number of hydrogen-bond donors (Lipinski definition) is 2. The number of nitrogens with two attached hydrogens (primary N) is 1. The van der Waals surface area contributed by atoms with E-state index in [0.717, 1.165) is 12.8 Å². The largest absolute Gasteiger partial charge is 0.393 e. The Bertz CT molecular complexity index is 177. The molecule has 3 heteroatoms. The summed E-state index contributed by atoms with van der Waals surface area (Å²) >= 11 is 6.42. The Morgan fingerprint density at radius 2 is 1.88 bits per heavy atom. The number of halogens is 1. The van der Waals surface area contributed by atoms with Crippen molar-refractivity contribution >= 4 is 11.6 Å². The fourth-order valence-corrected chi connectivity index (χ4v) is 2.66. The van der Waals surface area contributed by atoms with E-state index in [2.05, 4.69) is 6.92 Å². The molecule has 0 aromatic carbocycles. The smallest absolute Gasteiger partial charge is 0.0516 e. The first-order chi connectivity index (χ1) is 7.29. The van der Waals surface area contributed by atoms with Gasteiger partial charge in [-0.05, 0) is 39.5 Å². The lowest BCUT2D eigenvalue weighted by Gasteiger charge is -2.35. The third-order valence-corrected chi connectivity index (χ3v) is 3.59. The molecule has 0 aliphatic carbocycles. The summed E-state index contributed by atoms with van der Waals surface area (Å²) in [5.41, 5.74) is 5.81. The molecule has 3 atom stereocenters. The lowest BCUT2D eigenvalue weighted by atomic mass is 9.80. The van der Waals surface area contributed by atoms with Crippen molar-refractivity contribution in [3.63, 3.8) is 0 Å². The zero-order chi connectivity index (χ0) is 12.8. The maximum Gasteiger partial charge on any atom is 0.0516 e. The van der Waals surface area contributed by atoms with Gasteiger partial charge in [-0.3, -0.25) is 0 Å². The van der Waals surface area contributed by atoms with Crippen LogP contribution < -0.4 is 5.73 Å². The Kier molecular flexibility index (Phi) is 7.62. The van der Waals surface area contributed by atoms with Crippen molar-refractivity contribution in [2.24, 2.45) is 11.7 Å². The maximum atomic E-state index is 9.49. The standard InChI is InChI=1S/C13H28ClNO/c1-5-6-7-8-12(14)11(9-10(2)16)13(3,4)15/h10-12,16H,5-9,15H2,1-4H3. The molecule has 3 N–H and O–H groups in total. The second kappa shape index (κ2) is 7.52. The number of aliphatic hydroxyl groups excluding tert-OH is 1. The summed E-state index contributed by atoms with van der Waals surface area (Å²) in [5.74, 6) is 0.172. The van der Waals surface area contributed by atoms with E-state index in [1.165, 1.54) is 12.8 Å². The van der Waals surface area contributed by atoms with Gasteiger partial charge in [0.05, 0.1) is 6.10 Å². The third kappa shape index (κ3) is 6.72. The molecule has 0 aromatic rings. The molecule has 0 aliphatic heterocycles. The van der Waals surface area contributed by atoms with Gasteiger partial charge < -0.3 is 10.8 Å². The van der Waals surface area contributed by atoms with Crippen LogP contribution in [0.1, 0.15) is 59.8 Å². The summed E-state index contributed by atoms with van der Waals surface area (Å²) in [5, 5.41) is 9.56. The third-order valence-electron chi connectivity index (χ3n) is 3.07. The molecule has 0 rings (SSSR count). The molecule has 0 saturated carbocycles. The van der Waals surface area contributed by atoms with Gasteiger partial charge >= 0.3 is 0 Å². The minimum atomic E-state index is -0.333. The number of rotatable bonds is 8. The number of hydrogen-bond acceptors (Lipinski definition) is 2. The van der Waals surface area contributed by atoms with E-state index >= 15 is 0 Å². The van der Waals surface area contributed by atoms with Gasteiger partial charge in [0.1, 0.15) is 0 Å². The maximum absolute atomic E-state index is 9.49. The highest BCUT2D eigenvalue weighted by atomic mass is 35.5. The molecule has 0 amide bonds. The van der Waals surface area contributed by atoms with Crippen LogP contribution in [0.2, 0.25) is 0 Å². The van der Waals surface area contributed by atoms with E-state index < -0.39 is 0 Å². The van der Waals surface area contributed by atoms with Crippen molar-refractivity contribution in [2.45, 2.75) is 76.8 Å². The molecule has 2 nitrogen and oxygen atoms in total. The van der Waals surface area contributed by atoms with Crippen LogP contribution in [-0.2, 0) is 0 Å². The predicted molar refractivity (Wildman–Crippen MR) is 71.8 cm³/mol. The van der Waals surface area contributed by atoms with Crippen molar-refractivity contribution < 1.29 is 5.11 Å². The molecule has 0 heterocycles. The number of aliphatic hydroxyl groups is 1. The van der Waals surface area contributed by atoms with Gasteiger partial charge in [-0.25, -0.2) is 0 Å². The topological polar surface area (TPSA) is 46.2 Å². The Morgan fingerprint density at radius 3 is 2.25 bits per heavy atom. The molecule has 98 valence electrons. The first-order valence-corrected chi connectivity index (χ1v) is 6.83. The van der Waals surface area contributed by atoms with Gasteiger partial charge in [-0.2, -0.15) is 0 Å². The zero-order valence-corrected chi connectivity index (χ0v) is 11.9. The molecule has 0 aliphatic rings. The van der Waals surface area contributed by atoms with Crippen LogP contribution in [0.15, 0.2) is 0 Å². The summed E-state index contributed by atoms with van der Waals surface area (Å²) in [4.78, 5) is 0. The molecule has 3 unspecified atom stereocenters. The van der Waals surface area contributed by atoms with E-state index in [9.17, 15) is 5.11 Å². The lowest BCUT2D eigenvalue weighted by molar-refractivity contribution is 0.132. The minimum Gasteiger partial charge on any atom is -0.393 e. The normalized spacial score (nSPS) is 18.2. The monoisotopic (exact) mass is 249 g/mol. The first-order valence-electron chi connectivity index (χ1n) is 6.40. The van der Waals surface area contributed by atoms with Crippen molar-refractivity contribution in [2.75, 3.05) is 0 Å². The zero-order valence-electron chi connectivity index (χ0n) is 11.2. The SMILES string of the molecule is CCCCCC(Cl)C(CC(C)O)C(C)(C)N. The van der Waals surface area contributed by atoms with Crippen molar-refractivity contribution in [1.29, 1.82) is 0 Å². The highest BCUT2D eigenvalue weighted by Crippen LogP contribution is 2.30. The van der Waals surface area contributed by atoms with Crippen molar-refractivity contribution in [3.8, 4) is 0 Å². The van der Waals surface area contributed by atoms with Gasteiger partial charge in [0, 0.05) is 10.9 Å². The summed E-state index contributed by atoms with van der Waals surface area (Å²) in [6, 6.07) is 0. The summed E-state index contributed by atoms with van der Waals surface area (Å²) in [6.07, 6.45) is 4.92. The van der Waals surface area contributed by atoms with Gasteiger partial charge in [-0.1, -0.05) is 26.2 Å². The van der Waals surface area contributed by atoms with Crippen LogP contribution in [0.5, 0.6) is 0 Å². The highest BCUT2D eigenvalue weighted by Gasteiger charge is 2.32. The van der Waals surface area contributed by atoms with Crippen LogP contribution in [0.4, 0.5) is 0 Å². The molecular weight excluding hydrogens is 222 g/mol. The van der Waals surface area contributed by atoms with E-state index in [-0.39, 0.29) is 22.9 Å². The van der Waals surface area contributed by atoms with Crippen molar-refractivity contribution in [1.82, 2.24) is 0 Å². The predicted octanol–water partition coefficient (Wildman–Crippen LogP) is 3.30. The summed E-state index contributed by atoms with van der Waals surface area (Å²) < 4.78 is 0. The van der Waals surface area contributed by atoms with Gasteiger partial charge in [0.25, 0.3) is 0 Å². The van der Waals surface area contributed by atoms with Crippen LogP contribution in [0.3, 0.4) is 0 Å². The summed E-state index contributed by atoms with van der Waals surface area (Å²) in [7, 11) is 0. The first kappa shape index (κ1) is 16.2. The minimum absolute atomic E-state index is 0.0705.